The fourth-order valence-electron chi connectivity index (χ4n) is 2.09. The molecule has 0 bridgehead atoms. The Hall–Kier alpha value is -1.69. The molecule has 1 atom stereocenters. The SMILES string of the molecule is CCCC(CCCl)CNC(=O)c1cc(F)ccc1[N+](=O)[O-]. The first-order chi connectivity index (χ1) is 9.99. The van der Waals surface area contributed by atoms with Gasteiger partial charge in [-0.25, -0.2) is 4.39 Å². The number of hydrogen-bond acceptors (Lipinski definition) is 3. The Morgan fingerprint density at radius 2 is 2.19 bits per heavy atom. The monoisotopic (exact) mass is 316 g/mol. The van der Waals surface area contributed by atoms with Gasteiger partial charge in [-0.2, -0.15) is 0 Å². The quantitative estimate of drug-likeness (QED) is 0.453. The molecule has 0 aliphatic rings. The number of benzene rings is 1. The van der Waals surface area contributed by atoms with Crippen LogP contribution in [0.1, 0.15) is 36.5 Å². The van der Waals surface area contributed by atoms with Crippen LogP contribution in [-0.2, 0) is 0 Å². The largest absolute Gasteiger partial charge is 0.352 e. The molecule has 116 valence electrons. The van der Waals surface area contributed by atoms with Gasteiger partial charge in [0, 0.05) is 18.5 Å². The van der Waals surface area contributed by atoms with Crippen molar-refractivity contribution in [3.8, 4) is 0 Å². The molecule has 0 aromatic heterocycles. The summed E-state index contributed by atoms with van der Waals surface area (Å²) >= 11 is 5.70. The molecule has 21 heavy (non-hydrogen) atoms. The predicted molar refractivity (Wildman–Crippen MR) is 79.1 cm³/mol. The van der Waals surface area contributed by atoms with Crippen molar-refractivity contribution in [3.05, 3.63) is 39.7 Å². The Balaban J connectivity index is 2.79. The van der Waals surface area contributed by atoms with Crippen LogP contribution in [0.3, 0.4) is 0 Å². The maximum Gasteiger partial charge on any atom is 0.282 e. The van der Waals surface area contributed by atoms with Crippen molar-refractivity contribution in [3.63, 3.8) is 0 Å². The van der Waals surface area contributed by atoms with Gasteiger partial charge in [-0.05, 0) is 30.9 Å². The Morgan fingerprint density at radius 1 is 1.48 bits per heavy atom. The Labute approximate surface area is 127 Å². The highest BCUT2D eigenvalue weighted by atomic mass is 35.5. The normalized spacial score (nSPS) is 12.0. The smallest absolute Gasteiger partial charge is 0.282 e. The highest BCUT2D eigenvalue weighted by Crippen LogP contribution is 2.20. The van der Waals surface area contributed by atoms with Crippen LogP contribution in [0, 0.1) is 21.8 Å². The molecule has 1 unspecified atom stereocenters. The lowest BCUT2D eigenvalue weighted by Crippen LogP contribution is -2.30. The zero-order valence-electron chi connectivity index (χ0n) is 11.8. The van der Waals surface area contributed by atoms with Gasteiger partial charge in [-0.3, -0.25) is 14.9 Å². The van der Waals surface area contributed by atoms with Gasteiger partial charge in [0.1, 0.15) is 11.4 Å². The molecule has 1 amide bonds. The number of nitro groups is 1. The van der Waals surface area contributed by atoms with E-state index in [2.05, 4.69) is 5.32 Å². The van der Waals surface area contributed by atoms with E-state index in [1.54, 1.807) is 0 Å². The highest BCUT2D eigenvalue weighted by molar-refractivity contribution is 6.17. The highest BCUT2D eigenvalue weighted by Gasteiger charge is 2.21. The van der Waals surface area contributed by atoms with E-state index in [1.807, 2.05) is 6.92 Å². The van der Waals surface area contributed by atoms with Crippen LogP contribution < -0.4 is 5.32 Å². The lowest BCUT2D eigenvalue weighted by molar-refractivity contribution is -0.385. The lowest BCUT2D eigenvalue weighted by atomic mass is 10.0. The molecule has 1 rings (SSSR count). The first kappa shape index (κ1) is 17.4. The summed E-state index contributed by atoms with van der Waals surface area (Å²) in [5.41, 5.74) is -0.667. The average Bonchev–Trinajstić information content (AvgIpc) is 2.44. The van der Waals surface area contributed by atoms with Crippen LogP contribution >= 0.6 is 11.6 Å². The van der Waals surface area contributed by atoms with Crippen molar-refractivity contribution in [1.29, 1.82) is 0 Å². The first-order valence-corrected chi connectivity index (χ1v) is 7.31. The molecule has 7 heteroatoms. The molecule has 5 nitrogen and oxygen atoms in total. The molecule has 1 aromatic carbocycles. The van der Waals surface area contributed by atoms with Crippen LogP contribution in [0.5, 0.6) is 0 Å². The summed E-state index contributed by atoms with van der Waals surface area (Å²) in [5, 5.41) is 13.5. The fraction of sp³-hybridized carbons (Fsp3) is 0.500. The number of nitrogens with zero attached hydrogens (tertiary/aromatic N) is 1. The maximum absolute atomic E-state index is 13.2. The molecule has 0 aliphatic heterocycles. The summed E-state index contributed by atoms with van der Waals surface area (Å²) in [6.45, 7) is 2.40. The van der Waals surface area contributed by atoms with Crippen molar-refractivity contribution in [2.45, 2.75) is 26.2 Å². The zero-order chi connectivity index (χ0) is 15.8. The third-order valence-electron chi connectivity index (χ3n) is 3.17. The second-order valence-electron chi connectivity index (χ2n) is 4.76. The summed E-state index contributed by atoms with van der Waals surface area (Å²) in [6.07, 6.45) is 2.61. The molecule has 0 radical (unpaired) electrons. The van der Waals surface area contributed by atoms with E-state index in [-0.39, 0.29) is 11.5 Å². The molecule has 0 saturated heterocycles. The Morgan fingerprint density at radius 3 is 2.76 bits per heavy atom. The molecular weight excluding hydrogens is 299 g/mol. The van der Waals surface area contributed by atoms with Gasteiger partial charge in [0.2, 0.25) is 0 Å². The minimum atomic E-state index is -0.698. The van der Waals surface area contributed by atoms with Gasteiger partial charge in [-0.15, -0.1) is 11.6 Å². The topological polar surface area (TPSA) is 72.2 Å². The van der Waals surface area contributed by atoms with E-state index < -0.39 is 22.3 Å². The summed E-state index contributed by atoms with van der Waals surface area (Å²) < 4.78 is 13.2. The lowest BCUT2D eigenvalue weighted by Gasteiger charge is -2.15. The van der Waals surface area contributed by atoms with Gasteiger partial charge in [0.25, 0.3) is 11.6 Å². The van der Waals surface area contributed by atoms with Gasteiger partial charge in [-0.1, -0.05) is 13.3 Å². The number of nitrogens with one attached hydrogen (secondary N) is 1. The second-order valence-corrected chi connectivity index (χ2v) is 5.14. The molecule has 1 N–H and O–H groups in total. The standard InChI is InChI=1S/C14H18ClFN2O3/c1-2-3-10(6-7-15)9-17-14(19)12-8-11(16)4-5-13(12)18(20)21/h4-5,8,10H,2-3,6-7,9H2,1H3,(H,17,19). The molecule has 0 saturated carbocycles. The third-order valence-corrected chi connectivity index (χ3v) is 3.38. The van der Waals surface area contributed by atoms with Crippen molar-refractivity contribution < 1.29 is 14.1 Å². The summed E-state index contributed by atoms with van der Waals surface area (Å²) in [4.78, 5) is 22.2. The molecule has 1 aromatic rings. The van der Waals surface area contributed by atoms with Crippen molar-refractivity contribution in [1.82, 2.24) is 5.32 Å². The third kappa shape index (κ3) is 5.30. The van der Waals surface area contributed by atoms with Gasteiger partial charge >= 0.3 is 0 Å². The van der Waals surface area contributed by atoms with Gasteiger partial charge in [0.15, 0.2) is 0 Å². The van der Waals surface area contributed by atoms with Crippen LogP contribution in [-0.4, -0.2) is 23.3 Å². The van der Waals surface area contributed by atoms with E-state index in [0.29, 0.717) is 12.4 Å². The number of alkyl halides is 1. The average molecular weight is 317 g/mol. The van der Waals surface area contributed by atoms with Crippen LogP contribution in [0.25, 0.3) is 0 Å². The van der Waals surface area contributed by atoms with Gasteiger partial charge in [0.05, 0.1) is 4.92 Å². The molecule has 0 heterocycles. The molecule has 0 fully saturated rings. The molecule has 0 aliphatic carbocycles. The number of nitro benzene ring substituents is 1. The number of rotatable bonds is 8. The second kappa shape index (κ2) is 8.56. The number of halogens is 2. The zero-order valence-corrected chi connectivity index (χ0v) is 12.5. The first-order valence-electron chi connectivity index (χ1n) is 6.77. The maximum atomic E-state index is 13.2. The van der Waals surface area contributed by atoms with Gasteiger partial charge < -0.3 is 5.32 Å². The van der Waals surface area contributed by atoms with Crippen molar-refractivity contribution >= 4 is 23.2 Å². The van der Waals surface area contributed by atoms with E-state index in [9.17, 15) is 19.3 Å². The van der Waals surface area contributed by atoms with Crippen molar-refractivity contribution in [2.24, 2.45) is 5.92 Å². The number of amides is 1. The van der Waals surface area contributed by atoms with Crippen LogP contribution in [0.15, 0.2) is 18.2 Å². The minimum absolute atomic E-state index is 0.212. The van der Waals surface area contributed by atoms with Crippen LogP contribution in [0.2, 0.25) is 0 Å². The molecule has 0 spiro atoms. The fourth-order valence-corrected chi connectivity index (χ4v) is 2.40. The Bertz CT molecular complexity index is 505. The van der Waals surface area contributed by atoms with E-state index in [4.69, 9.17) is 11.6 Å². The Kier molecular flexibility index (Phi) is 7.08. The van der Waals surface area contributed by atoms with E-state index >= 15 is 0 Å². The van der Waals surface area contributed by atoms with Crippen LogP contribution in [0.4, 0.5) is 10.1 Å². The van der Waals surface area contributed by atoms with E-state index in [1.165, 1.54) is 0 Å². The molecular formula is C14H18ClFN2O3. The summed E-state index contributed by atoms with van der Waals surface area (Å²) in [5.74, 6) is -0.627. The number of carbonyl (C=O) groups excluding carboxylic acids is 1. The summed E-state index contributed by atoms with van der Waals surface area (Å²) in [7, 11) is 0. The number of carbonyl (C=O) groups is 1. The number of hydrogen-bond donors (Lipinski definition) is 1. The predicted octanol–water partition coefficient (Wildman–Crippen LogP) is 3.51. The summed E-state index contributed by atoms with van der Waals surface area (Å²) in [6, 6.07) is 2.83. The van der Waals surface area contributed by atoms with Crippen molar-refractivity contribution in [2.75, 3.05) is 12.4 Å². The minimum Gasteiger partial charge on any atom is -0.352 e. The van der Waals surface area contributed by atoms with E-state index in [0.717, 1.165) is 37.5 Å².